The van der Waals surface area contributed by atoms with Crippen molar-refractivity contribution in [1.29, 1.82) is 0 Å². The minimum Gasteiger partial charge on any atom is -0.293 e. The van der Waals surface area contributed by atoms with Gasteiger partial charge < -0.3 is 0 Å². The van der Waals surface area contributed by atoms with E-state index in [0.29, 0.717) is 27.7 Å². The first kappa shape index (κ1) is 17.9. The number of nitrogens with zero attached hydrogens (tertiary/aromatic N) is 3. The number of hydrazone groups is 1. The summed E-state index contributed by atoms with van der Waals surface area (Å²) >= 11 is 1.42. The number of aryl methyl sites for hydroxylation is 1. The number of fused-ring (bicyclic) bond motifs is 1. The van der Waals surface area contributed by atoms with Crippen molar-refractivity contribution in [2.45, 2.75) is 13.8 Å². The molecule has 4 rings (SSSR count). The average molecular weight is 391 g/mol. The molecular formula is C20H17N5O2S. The maximum absolute atomic E-state index is 12.9. The molecule has 0 unspecified atom stereocenters. The van der Waals surface area contributed by atoms with Gasteiger partial charge in [-0.25, -0.2) is 10.4 Å². The van der Waals surface area contributed by atoms with Crippen LogP contribution >= 0.6 is 11.3 Å². The van der Waals surface area contributed by atoms with Crippen LogP contribution in [0.5, 0.6) is 0 Å². The molecule has 0 bridgehead atoms. The number of hydrogen-bond donors (Lipinski definition) is 2. The third-order valence-electron chi connectivity index (χ3n) is 4.27. The van der Waals surface area contributed by atoms with Crippen molar-refractivity contribution < 1.29 is 4.79 Å². The number of carbonyl (C=O) groups excluding carboxylic acids is 1. The highest BCUT2D eigenvalue weighted by molar-refractivity contribution is 7.20. The van der Waals surface area contributed by atoms with Crippen LogP contribution in [-0.2, 0) is 0 Å². The van der Waals surface area contributed by atoms with Crippen LogP contribution in [0.25, 0.3) is 15.3 Å². The first-order valence-corrected chi connectivity index (χ1v) is 9.44. The smallest absolute Gasteiger partial charge is 0.282 e. The average Bonchev–Trinajstić information content (AvgIpc) is 3.27. The van der Waals surface area contributed by atoms with Crippen LogP contribution in [0, 0.1) is 6.92 Å². The van der Waals surface area contributed by atoms with Gasteiger partial charge in [-0.2, -0.15) is 9.78 Å². The molecule has 0 saturated carbocycles. The molecular weight excluding hydrogens is 374 g/mol. The normalized spacial score (nSPS) is 11.7. The van der Waals surface area contributed by atoms with E-state index in [-0.39, 0.29) is 11.5 Å². The molecule has 2 aromatic carbocycles. The van der Waals surface area contributed by atoms with Crippen molar-refractivity contribution in [3.8, 4) is 5.13 Å². The summed E-state index contributed by atoms with van der Waals surface area (Å²) in [6.45, 7) is 3.48. The van der Waals surface area contributed by atoms with Gasteiger partial charge in [-0.1, -0.05) is 41.7 Å². The van der Waals surface area contributed by atoms with Gasteiger partial charge in [0, 0.05) is 11.3 Å². The maximum atomic E-state index is 12.9. The van der Waals surface area contributed by atoms with Crippen molar-refractivity contribution in [3.05, 3.63) is 81.8 Å². The second kappa shape index (κ2) is 7.24. The SMILES string of the molecule is C/C(=N\NC(=O)c1ccccc1)c1c(C)[nH]n(-c2nc3ccccc3s2)c1=O. The minimum atomic E-state index is -0.334. The van der Waals surface area contributed by atoms with Gasteiger partial charge in [-0.3, -0.25) is 14.7 Å². The zero-order valence-electron chi connectivity index (χ0n) is 15.3. The van der Waals surface area contributed by atoms with Crippen molar-refractivity contribution >= 4 is 33.2 Å². The summed E-state index contributed by atoms with van der Waals surface area (Å²) in [5, 5.41) is 7.71. The Balaban J connectivity index is 1.65. The first-order chi connectivity index (χ1) is 13.5. The molecule has 1 amide bonds. The number of carbonyl (C=O) groups is 1. The molecule has 0 aliphatic carbocycles. The molecule has 8 heteroatoms. The molecule has 0 spiro atoms. The predicted molar refractivity (Wildman–Crippen MR) is 110 cm³/mol. The quantitative estimate of drug-likeness (QED) is 0.413. The summed E-state index contributed by atoms with van der Waals surface area (Å²) in [7, 11) is 0. The van der Waals surface area contributed by atoms with Gasteiger partial charge in [0.1, 0.15) is 0 Å². The van der Waals surface area contributed by atoms with Gasteiger partial charge in [0.25, 0.3) is 11.5 Å². The van der Waals surface area contributed by atoms with E-state index in [1.807, 2.05) is 30.3 Å². The number of benzene rings is 2. The number of para-hydroxylation sites is 1. The fraction of sp³-hybridized carbons (Fsp3) is 0.100. The molecule has 4 aromatic rings. The van der Waals surface area contributed by atoms with Crippen LogP contribution in [0.1, 0.15) is 28.5 Å². The maximum Gasteiger partial charge on any atom is 0.282 e. The summed E-state index contributed by atoms with van der Waals surface area (Å²) in [6, 6.07) is 16.5. The van der Waals surface area contributed by atoms with Crippen molar-refractivity contribution in [2.24, 2.45) is 5.10 Å². The van der Waals surface area contributed by atoms with Crippen LogP contribution in [0.4, 0.5) is 0 Å². The van der Waals surface area contributed by atoms with E-state index < -0.39 is 0 Å². The molecule has 28 heavy (non-hydrogen) atoms. The Labute approximate surface area is 164 Å². The number of thiazole rings is 1. The molecule has 2 heterocycles. The molecule has 7 nitrogen and oxygen atoms in total. The van der Waals surface area contributed by atoms with Crippen molar-refractivity contribution in [3.63, 3.8) is 0 Å². The standard InChI is InChI=1S/C20H17N5O2S/c1-12(22-23-18(26)14-8-4-3-5-9-14)17-13(2)24-25(19(17)27)20-21-15-10-6-7-11-16(15)28-20/h3-11,24H,1-2H3,(H,23,26)/b22-12+. The first-order valence-electron chi connectivity index (χ1n) is 8.62. The summed E-state index contributed by atoms with van der Waals surface area (Å²) in [5.41, 5.74) is 5.05. The number of rotatable bonds is 4. The van der Waals surface area contributed by atoms with Crippen molar-refractivity contribution in [1.82, 2.24) is 20.2 Å². The molecule has 2 aromatic heterocycles. The number of nitrogens with one attached hydrogen (secondary N) is 2. The van der Waals surface area contributed by atoms with E-state index in [4.69, 9.17) is 0 Å². The Kier molecular flexibility index (Phi) is 4.62. The van der Waals surface area contributed by atoms with Crippen molar-refractivity contribution in [2.75, 3.05) is 0 Å². The van der Waals surface area contributed by atoms with Crippen LogP contribution in [-0.4, -0.2) is 26.4 Å². The van der Waals surface area contributed by atoms with Crippen LogP contribution in [0.2, 0.25) is 0 Å². The molecule has 2 N–H and O–H groups in total. The lowest BCUT2D eigenvalue weighted by Gasteiger charge is -2.01. The molecule has 0 aliphatic rings. The van der Waals surface area contributed by atoms with E-state index in [9.17, 15) is 9.59 Å². The van der Waals surface area contributed by atoms with Crippen LogP contribution in [0.15, 0.2) is 64.5 Å². The second-order valence-electron chi connectivity index (χ2n) is 6.22. The molecule has 140 valence electrons. The highest BCUT2D eigenvalue weighted by atomic mass is 32.1. The third kappa shape index (κ3) is 3.25. The molecule has 0 saturated heterocycles. The molecule has 0 fully saturated rings. The van der Waals surface area contributed by atoms with E-state index in [1.54, 1.807) is 38.1 Å². The Morgan fingerprint density at radius 3 is 2.61 bits per heavy atom. The third-order valence-corrected chi connectivity index (χ3v) is 5.29. The topological polar surface area (TPSA) is 92.1 Å². The zero-order chi connectivity index (χ0) is 19.7. The summed E-state index contributed by atoms with van der Waals surface area (Å²) in [5.74, 6) is -0.334. The lowest BCUT2D eigenvalue weighted by Crippen LogP contribution is -2.23. The number of aromatic nitrogens is 3. The van der Waals surface area contributed by atoms with E-state index in [1.165, 1.54) is 16.0 Å². The number of hydrogen-bond acceptors (Lipinski definition) is 5. The Bertz CT molecular complexity index is 1220. The van der Waals surface area contributed by atoms with Gasteiger partial charge in [0.2, 0.25) is 5.13 Å². The zero-order valence-corrected chi connectivity index (χ0v) is 16.1. The Hall–Kier alpha value is -3.52. The van der Waals surface area contributed by atoms with E-state index >= 15 is 0 Å². The van der Waals surface area contributed by atoms with Crippen LogP contribution < -0.4 is 11.0 Å². The van der Waals surface area contributed by atoms with Gasteiger partial charge in [0.15, 0.2) is 0 Å². The van der Waals surface area contributed by atoms with Gasteiger partial charge in [-0.15, -0.1) is 0 Å². The lowest BCUT2D eigenvalue weighted by atomic mass is 10.2. The van der Waals surface area contributed by atoms with E-state index in [0.717, 1.165) is 10.2 Å². The molecule has 0 aliphatic heterocycles. The fourth-order valence-corrected chi connectivity index (χ4v) is 3.83. The number of amides is 1. The van der Waals surface area contributed by atoms with Gasteiger partial charge >= 0.3 is 0 Å². The second-order valence-corrected chi connectivity index (χ2v) is 7.23. The highest BCUT2D eigenvalue weighted by Gasteiger charge is 2.17. The Morgan fingerprint density at radius 1 is 1.14 bits per heavy atom. The monoisotopic (exact) mass is 391 g/mol. The number of H-pyrrole nitrogens is 1. The lowest BCUT2D eigenvalue weighted by molar-refractivity contribution is 0.0955. The van der Waals surface area contributed by atoms with Gasteiger partial charge in [-0.05, 0) is 38.1 Å². The van der Waals surface area contributed by atoms with Gasteiger partial charge in [0.05, 0.1) is 21.5 Å². The predicted octanol–water partition coefficient (Wildman–Crippen LogP) is 3.24. The summed E-state index contributed by atoms with van der Waals surface area (Å²) < 4.78 is 2.41. The minimum absolute atomic E-state index is 0.258. The van der Waals surface area contributed by atoms with Crippen LogP contribution in [0.3, 0.4) is 0 Å². The fourth-order valence-electron chi connectivity index (χ4n) is 2.91. The highest BCUT2D eigenvalue weighted by Crippen LogP contribution is 2.23. The number of aromatic amines is 1. The molecule has 0 radical (unpaired) electrons. The van der Waals surface area contributed by atoms with E-state index in [2.05, 4.69) is 20.6 Å². The summed E-state index contributed by atoms with van der Waals surface area (Å²) in [6.07, 6.45) is 0. The largest absolute Gasteiger partial charge is 0.293 e. The Morgan fingerprint density at radius 2 is 1.86 bits per heavy atom. The molecule has 0 atom stereocenters. The summed E-state index contributed by atoms with van der Waals surface area (Å²) in [4.78, 5) is 29.6.